The van der Waals surface area contributed by atoms with Gasteiger partial charge in [0.05, 0.1) is 20.3 Å². The molecular weight excluding hydrogens is 370 g/mol. The number of likely N-dealkylation sites (tertiary alicyclic amines) is 1. The topological polar surface area (TPSA) is 67.9 Å². The smallest absolute Gasteiger partial charge is 0.313 e. The fourth-order valence-electron chi connectivity index (χ4n) is 3.36. The van der Waals surface area contributed by atoms with Crippen LogP contribution in [0, 0.1) is 11.6 Å². The van der Waals surface area contributed by atoms with Gasteiger partial charge in [0.1, 0.15) is 11.6 Å². The fraction of sp³-hybridized carbons (Fsp3) is 0.300. The first-order valence-electron chi connectivity index (χ1n) is 8.73. The van der Waals surface area contributed by atoms with Gasteiger partial charge in [-0.15, -0.1) is 0 Å². The van der Waals surface area contributed by atoms with Crippen molar-refractivity contribution in [2.75, 3.05) is 26.1 Å². The van der Waals surface area contributed by atoms with Gasteiger partial charge >= 0.3 is 11.8 Å². The molecule has 2 aromatic carbocycles. The number of carbonyl (C=O) groups excluding carboxylic acids is 2. The van der Waals surface area contributed by atoms with Crippen molar-refractivity contribution in [3.05, 3.63) is 53.6 Å². The number of halogens is 2. The van der Waals surface area contributed by atoms with E-state index in [0.29, 0.717) is 30.5 Å². The lowest BCUT2D eigenvalue weighted by Gasteiger charge is -2.25. The van der Waals surface area contributed by atoms with Crippen LogP contribution in [0.25, 0.3) is 0 Å². The number of rotatable bonds is 4. The highest BCUT2D eigenvalue weighted by molar-refractivity contribution is 6.39. The zero-order valence-corrected chi connectivity index (χ0v) is 15.5. The fourth-order valence-corrected chi connectivity index (χ4v) is 3.36. The molecule has 0 saturated carbocycles. The van der Waals surface area contributed by atoms with Crippen molar-refractivity contribution in [3.63, 3.8) is 0 Å². The summed E-state index contributed by atoms with van der Waals surface area (Å²) in [7, 11) is 3.05. The second kappa shape index (κ2) is 8.24. The standard InChI is InChI=1S/C20H20F2N2O4/c1-27-17-6-5-12(8-18(17)28-2)16-4-3-7-24(16)20(26)19(25)23-15-10-13(21)9-14(22)11-15/h5-6,8-11,16H,3-4,7H2,1-2H3,(H,23,25)/t16-/m0/s1. The Morgan fingerprint density at radius 1 is 1.04 bits per heavy atom. The molecule has 2 amide bonds. The summed E-state index contributed by atoms with van der Waals surface area (Å²) in [5.41, 5.74) is 0.700. The lowest BCUT2D eigenvalue weighted by Crippen LogP contribution is -2.39. The van der Waals surface area contributed by atoms with E-state index in [-0.39, 0.29) is 11.7 Å². The number of hydrogen-bond donors (Lipinski definition) is 1. The number of benzene rings is 2. The van der Waals surface area contributed by atoms with Gasteiger partial charge in [-0.05, 0) is 42.7 Å². The highest BCUT2D eigenvalue weighted by Gasteiger charge is 2.34. The van der Waals surface area contributed by atoms with Crippen LogP contribution in [0.1, 0.15) is 24.4 Å². The summed E-state index contributed by atoms with van der Waals surface area (Å²) in [6.45, 7) is 0.406. The van der Waals surface area contributed by atoms with E-state index in [1.165, 1.54) is 19.1 Å². The molecule has 1 aliphatic heterocycles. The first-order valence-corrected chi connectivity index (χ1v) is 8.73. The van der Waals surface area contributed by atoms with Crippen LogP contribution in [0.4, 0.5) is 14.5 Å². The molecule has 0 spiro atoms. The SMILES string of the molecule is COc1ccc([C@@H]2CCCN2C(=O)C(=O)Nc2cc(F)cc(F)c2)cc1OC. The first kappa shape index (κ1) is 19.6. The average molecular weight is 390 g/mol. The average Bonchev–Trinajstić information content (AvgIpc) is 3.15. The molecule has 6 nitrogen and oxygen atoms in total. The molecule has 28 heavy (non-hydrogen) atoms. The van der Waals surface area contributed by atoms with Crippen molar-refractivity contribution in [1.82, 2.24) is 4.90 Å². The van der Waals surface area contributed by atoms with Crippen LogP contribution in [-0.4, -0.2) is 37.5 Å². The number of amides is 2. The monoisotopic (exact) mass is 390 g/mol. The second-order valence-electron chi connectivity index (χ2n) is 6.38. The van der Waals surface area contributed by atoms with Crippen molar-refractivity contribution in [2.45, 2.75) is 18.9 Å². The molecule has 0 radical (unpaired) electrons. The van der Waals surface area contributed by atoms with Gasteiger partial charge in [0.2, 0.25) is 0 Å². The highest BCUT2D eigenvalue weighted by Crippen LogP contribution is 2.37. The van der Waals surface area contributed by atoms with Crippen LogP contribution < -0.4 is 14.8 Å². The largest absolute Gasteiger partial charge is 0.493 e. The summed E-state index contributed by atoms with van der Waals surface area (Å²) < 4.78 is 37.1. The zero-order valence-electron chi connectivity index (χ0n) is 15.5. The van der Waals surface area contributed by atoms with E-state index in [4.69, 9.17) is 9.47 Å². The first-order chi connectivity index (χ1) is 13.4. The van der Waals surface area contributed by atoms with Crippen molar-refractivity contribution in [1.29, 1.82) is 0 Å². The molecule has 0 aliphatic carbocycles. The van der Waals surface area contributed by atoms with Gasteiger partial charge in [-0.3, -0.25) is 9.59 Å². The molecule has 1 N–H and O–H groups in total. The summed E-state index contributed by atoms with van der Waals surface area (Å²) in [4.78, 5) is 26.4. The molecule has 148 valence electrons. The molecular formula is C20H20F2N2O4. The number of methoxy groups -OCH3 is 2. The molecule has 2 aromatic rings. The van der Waals surface area contributed by atoms with Crippen molar-refractivity contribution in [3.8, 4) is 11.5 Å². The van der Waals surface area contributed by atoms with Gasteiger partial charge in [-0.2, -0.15) is 0 Å². The van der Waals surface area contributed by atoms with Crippen LogP contribution in [0.15, 0.2) is 36.4 Å². The molecule has 0 unspecified atom stereocenters. The maximum Gasteiger partial charge on any atom is 0.313 e. The minimum atomic E-state index is -0.947. The molecule has 0 bridgehead atoms. The number of anilines is 1. The van der Waals surface area contributed by atoms with Crippen LogP contribution in [0.3, 0.4) is 0 Å². The minimum Gasteiger partial charge on any atom is -0.493 e. The van der Waals surface area contributed by atoms with E-state index in [1.807, 2.05) is 6.07 Å². The van der Waals surface area contributed by atoms with Crippen LogP contribution in [0.5, 0.6) is 11.5 Å². The Kier molecular flexibility index (Phi) is 5.77. The lowest BCUT2D eigenvalue weighted by atomic mass is 10.0. The number of carbonyl (C=O) groups is 2. The van der Waals surface area contributed by atoms with Crippen LogP contribution >= 0.6 is 0 Å². The second-order valence-corrected chi connectivity index (χ2v) is 6.38. The number of ether oxygens (including phenoxy) is 2. The lowest BCUT2D eigenvalue weighted by molar-refractivity contribution is -0.143. The van der Waals surface area contributed by atoms with E-state index in [0.717, 1.165) is 24.1 Å². The van der Waals surface area contributed by atoms with E-state index in [9.17, 15) is 18.4 Å². The predicted molar refractivity (Wildman–Crippen MR) is 98.2 cm³/mol. The molecule has 1 heterocycles. The quantitative estimate of drug-likeness (QED) is 0.814. The third-order valence-electron chi connectivity index (χ3n) is 4.62. The molecule has 1 fully saturated rings. The number of nitrogens with zero attached hydrogens (tertiary/aromatic N) is 1. The van der Waals surface area contributed by atoms with Gasteiger partial charge < -0.3 is 19.7 Å². The molecule has 1 atom stereocenters. The summed E-state index contributed by atoms with van der Waals surface area (Å²) in [6, 6.07) is 7.61. The third kappa shape index (κ3) is 4.05. The molecule has 1 aliphatic rings. The highest BCUT2D eigenvalue weighted by atomic mass is 19.1. The van der Waals surface area contributed by atoms with Crippen LogP contribution in [-0.2, 0) is 9.59 Å². The maximum atomic E-state index is 13.3. The van der Waals surface area contributed by atoms with E-state index >= 15 is 0 Å². The van der Waals surface area contributed by atoms with Gasteiger partial charge in [-0.1, -0.05) is 6.07 Å². The predicted octanol–water partition coefficient (Wildman–Crippen LogP) is 3.28. The van der Waals surface area contributed by atoms with Gasteiger partial charge in [0.15, 0.2) is 11.5 Å². The van der Waals surface area contributed by atoms with Gasteiger partial charge in [0.25, 0.3) is 0 Å². The Morgan fingerprint density at radius 2 is 1.71 bits per heavy atom. The summed E-state index contributed by atoms with van der Waals surface area (Å²) in [5.74, 6) is -2.30. The number of nitrogens with one attached hydrogen (secondary N) is 1. The Bertz CT molecular complexity index is 884. The van der Waals surface area contributed by atoms with Crippen molar-refractivity contribution in [2.24, 2.45) is 0 Å². The van der Waals surface area contributed by atoms with Gasteiger partial charge in [0, 0.05) is 18.3 Å². The Morgan fingerprint density at radius 3 is 2.36 bits per heavy atom. The molecule has 8 heteroatoms. The van der Waals surface area contributed by atoms with E-state index in [1.54, 1.807) is 12.1 Å². The molecule has 1 saturated heterocycles. The van der Waals surface area contributed by atoms with Gasteiger partial charge in [-0.25, -0.2) is 8.78 Å². The van der Waals surface area contributed by atoms with Crippen molar-refractivity contribution >= 4 is 17.5 Å². The maximum absolute atomic E-state index is 13.3. The Hall–Kier alpha value is -3.16. The van der Waals surface area contributed by atoms with E-state index in [2.05, 4.69) is 5.32 Å². The summed E-state index contributed by atoms with van der Waals surface area (Å²) >= 11 is 0. The molecule has 3 rings (SSSR count). The van der Waals surface area contributed by atoms with Crippen LogP contribution in [0.2, 0.25) is 0 Å². The normalized spacial score (nSPS) is 16.0. The van der Waals surface area contributed by atoms with E-state index < -0.39 is 23.4 Å². The minimum absolute atomic E-state index is 0.113. The third-order valence-corrected chi connectivity index (χ3v) is 4.62. The number of hydrogen-bond acceptors (Lipinski definition) is 4. The summed E-state index contributed by atoms with van der Waals surface area (Å²) in [6.07, 6.45) is 1.41. The Balaban J connectivity index is 1.78. The summed E-state index contributed by atoms with van der Waals surface area (Å²) in [5, 5.41) is 2.26. The van der Waals surface area contributed by atoms with Crippen molar-refractivity contribution < 1.29 is 27.8 Å². The zero-order chi connectivity index (χ0) is 20.3. The Labute approximate surface area is 161 Å². The molecule has 0 aromatic heterocycles.